The maximum absolute atomic E-state index is 11.5. The van der Waals surface area contributed by atoms with Gasteiger partial charge in [-0.15, -0.1) is 0 Å². The van der Waals surface area contributed by atoms with Crippen LogP contribution in [-0.4, -0.2) is 5.91 Å². The Hall–Kier alpha value is -1.57. The number of anilines is 1. The minimum absolute atomic E-state index is 0.122. The van der Waals surface area contributed by atoms with Crippen molar-refractivity contribution in [3.8, 4) is 0 Å². The molecule has 0 radical (unpaired) electrons. The molecule has 15 heavy (non-hydrogen) atoms. The van der Waals surface area contributed by atoms with Gasteiger partial charge in [0.15, 0.2) is 0 Å². The smallest absolute Gasteiger partial charge is 0.250 e. The molecule has 1 amide bonds. The predicted molar refractivity (Wildman–Crippen MR) is 64.0 cm³/mol. The highest BCUT2D eigenvalue weighted by Crippen LogP contribution is 2.23. The monoisotopic (exact) mass is 203 g/mol. The standard InChI is InChI=1S/C13H17NO/c1-9(2)11-7-5-6-8-12(11)14-13(15)10(3)4/h5-9H,3H2,1-2,4H3,(H,14,15). The van der Waals surface area contributed by atoms with Gasteiger partial charge in [0.1, 0.15) is 0 Å². The Kier molecular flexibility index (Phi) is 3.67. The van der Waals surface area contributed by atoms with Crippen LogP contribution in [0.25, 0.3) is 0 Å². The SMILES string of the molecule is C=C(C)C(=O)Nc1ccccc1C(C)C. The molecule has 0 aliphatic heterocycles. The third-order valence-electron chi connectivity index (χ3n) is 2.22. The molecular weight excluding hydrogens is 186 g/mol. The van der Waals surface area contributed by atoms with Gasteiger partial charge in [0.05, 0.1) is 0 Å². The van der Waals surface area contributed by atoms with E-state index < -0.39 is 0 Å². The molecule has 0 unspecified atom stereocenters. The zero-order valence-corrected chi connectivity index (χ0v) is 9.50. The van der Waals surface area contributed by atoms with Crippen LogP contribution in [0.15, 0.2) is 36.4 Å². The number of hydrogen-bond acceptors (Lipinski definition) is 1. The summed E-state index contributed by atoms with van der Waals surface area (Å²) in [5.74, 6) is 0.273. The molecule has 2 nitrogen and oxygen atoms in total. The van der Waals surface area contributed by atoms with Gasteiger partial charge in [-0.2, -0.15) is 0 Å². The van der Waals surface area contributed by atoms with Crippen molar-refractivity contribution in [1.29, 1.82) is 0 Å². The maximum atomic E-state index is 11.5. The summed E-state index contributed by atoms with van der Waals surface area (Å²) >= 11 is 0. The Balaban J connectivity index is 2.94. The zero-order chi connectivity index (χ0) is 11.4. The van der Waals surface area contributed by atoms with Gasteiger partial charge in [0.25, 0.3) is 5.91 Å². The largest absolute Gasteiger partial charge is 0.322 e. The van der Waals surface area contributed by atoms with E-state index >= 15 is 0 Å². The minimum Gasteiger partial charge on any atom is -0.322 e. The van der Waals surface area contributed by atoms with E-state index in [2.05, 4.69) is 25.7 Å². The summed E-state index contributed by atoms with van der Waals surface area (Å²) in [4.78, 5) is 11.5. The molecule has 0 saturated carbocycles. The lowest BCUT2D eigenvalue weighted by atomic mass is 10.0. The molecular formula is C13H17NO. The van der Waals surface area contributed by atoms with Gasteiger partial charge in [-0.25, -0.2) is 0 Å². The average molecular weight is 203 g/mol. The van der Waals surface area contributed by atoms with Gasteiger partial charge in [-0.05, 0) is 24.5 Å². The Morgan fingerprint density at radius 1 is 1.33 bits per heavy atom. The lowest BCUT2D eigenvalue weighted by Gasteiger charge is -2.13. The average Bonchev–Trinajstić information content (AvgIpc) is 2.18. The summed E-state index contributed by atoms with van der Waals surface area (Å²) in [6.07, 6.45) is 0. The van der Waals surface area contributed by atoms with E-state index in [0.29, 0.717) is 11.5 Å². The first kappa shape index (κ1) is 11.5. The van der Waals surface area contributed by atoms with Gasteiger partial charge in [0.2, 0.25) is 0 Å². The normalized spacial score (nSPS) is 10.1. The van der Waals surface area contributed by atoms with E-state index in [0.717, 1.165) is 11.3 Å². The molecule has 1 aromatic rings. The van der Waals surface area contributed by atoms with Crippen LogP contribution in [0.4, 0.5) is 5.69 Å². The highest BCUT2D eigenvalue weighted by Gasteiger charge is 2.08. The van der Waals surface area contributed by atoms with Gasteiger partial charge in [-0.1, -0.05) is 38.6 Å². The molecule has 1 rings (SSSR count). The van der Waals surface area contributed by atoms with Gasteiger partial charge < -0.3 is 5.32 Å². The van der Waals surface area contributed by atoms with Gasteiger partial charge >= 0.3 is 0 Å². The number of nitrogens with one attached hydrogen (secondary N) is 1. The number of carbonyl (C=O) groups excluding carboxylic acids is 1. The van der Waals surface area contributed by atoms with Crippen molar-refractivity contribution in [2.24, 2.45) is 0 Å². The second-order valence-electron chi connectivity index (χ2n) is 3.98. The van der Waals surface area contributed by atoms with E-state index in [-0.39, 0.29) is 5.91 Å². The third-order valence-corrected chi connectivity index (χ3v) is 2.22. The molecule has 0 aliphatic rings. The fourth-order valence-electron chi connectivity index (χ4n) is 1.34. The lowest BCUT2D eigenvalue weighted by molar-refractivity contribution is -0.112. The van der Waals surface area contributed by atoms with Crippen LogP contribution in [0.1, 0.15) is 32.3 Å². The molecule has 0 heterocycles. The quantitative estimate of drug-likeness (QED) is 0.750. The first-order valence-electron chi connectivity index (χ1n) is 5.08. The van der Waals surface area contributed by atoms with Gasteiger partial charge in [0, 0.05) is 11.3 Å². The Morgan fingerprint density at radius 3 is 2.47 bits per heavy atom. The second-order valence-corrected chi connectivity index (χ2v) is 3.98. The van der Waals surface area contributed by atoms with Gasteiger partial charge in [-0.3, -0.25) is 4.79 Å². The number of amides is 1. The molecule has 0 bridgehead atoms. The van der Waals surface area contributed by atoms with E-state index in [1.807, 2.05) is 24.3 Å². The van der Waals surface area contributed by atoms with Crippen LogP contribution >= 0.6 is 0 Å². The predicted octanol–water partition coefficient (Wildman–Crippen LogP) is 3.32. The number of para-hydroxylation sites is 1. The molecule has 1 N–H and O–H groups in total. The molecule has 0 saturated heterocycles. The van der Waals surface area contributed by atoms with Crippen molar-refractivity contribution in [2.75, 3.05) is 5.32 Å². The Labute approximate surface area is 91.0 Å². The second kappa shape index (κ2) is 4.78. The van der Waals surface area contributed by atoms with Crippen molar-refractivity contribution in [3.63, 3.8) is 0 Å². The summed E-state index contributed by atoms with van der Waals surface area (Å²) in [5, 5.41) is 2.85. The van der Waals surface area contributed by atoms with E-state index in [1.54, 1.807) is 6.92 Å². The van der Waals surface area contributed by atoms with Crippen molar-refractivity contribution >= 4 is 11.6 Å². The molecule has 0 fully saturated rings. The molecule has 0 aromatic heterocycles. The number of rotatable bonds is 3. The van der Waals surface area contributed by atoms with E-state index in [4.69, 9.17) is 0 Å². The molecule has 2 heteroatoms. The van der Waals surface area contributed by atoms with Crippen LogP contribution in [-0.2, 0) is 4.79 Å². The fraction of sp³-hybridized carbons (Fsp3) is 0.308. The van der Waals surface area contributed by atoms with Crippen molar-refractivity contribution < 1.29 is 4.79 Å². The maximum Gasteiger partial charge on any atom is 0.250 e. The number of hydrogen-bond donors (Lipinski definition) is 1. The highest BCUT2D eigenvalue weighted by atomic mass is 16.1. The Morgan fingerprint density at radius 2 is 1.93 bits per heavy atom. The van der Waals surface area contributed by atoms with Crippen LogP contribution in [0, 0.1) is 0 Å². The van der Waals surface area contributed by atoms with Crippen LogP contribution in [0.3, 0.4) is 0 Å². The zero-order valence-electron chi connectivity index (χ0n) is 9.50. The lowest BCUT2D eigenvalue weighted by Crippen LogP contribution is -2.13. The summed E-state index contributed by atoms with van der Waals surface area (Å²) in [6, 6.07) is 7.83. The first-order valence-corrected chi connectivity index (χ1v) is 5.08. The van der Waals surface area contributed by atoms with Crippen LogP contribution in [0.2, 0.25) is 0 Å². The topological polar surface area (TPSA) is 29.1 Å². The summed E-state index contributed by atoms with van der Waals surface area (Å²) in [5.41, 5.74) is 2.54. The van der Waals surface area contributed by atoms with Crippen molar-refractivity contribution in [2.45, 2.75) is 26.7 Å². The third kappa shape index (κ3) is 2.94. The van der Waals surface area contributed by atoms with E-state index in [1.165, 1.54) is 0 Å². The summed E-state index contributed by atoms with van der Waals surface area (Å²) < 4.78 is 0. The molecule has 80 valence electrons. The van der Waals surface area contributed by atoms with Crippen LogP contribution in [0.5, 0.6) is 0 Å². The number of benzene rings is 1. The molecule has 0 spiro atoms. The molecule has 0 aliphatic carbocycles. The Bertz CT molecular complexity index is 380. The van der Waals surface area contributed by atoms with E-state index in [9.17, 15) is 4.79 Å². The fourth-order valence-corrected chi connectivity index (χ4v) is 1.34. The highest BCUT2D eigenvalue weighted by molar-refractivity contribution is 6.03. The molecule has 0 atom stereocenters. The van der Waals surface area contributed by atoms with Crippen molar-refractivity contribution in [1.82, 2.24) is 0 Å². The van der Waals surface area contributed by atoms with Crippen molar-refractivity contribution in [3.05, 3.63) is 42.0 Å². The molecule has 1 aromatic carbocycles. The first-order chi connectivity index (χ1) is 7.02. The minimum atomic E-state index is -0.122. The number of carbonyl (C=O) groups is 1. The van der Waals surface area contributed by atoms with Crippen LogP contribution < -0.4 is 5.32 Å². The summed E-state index contributed by atoms with van der Waals surface area (Å²) in [6.45, 7) is 9.52. The summed E-state index contributed by atoms with van der Waals surface area (Å²) in [7, 11) is 0.